The van der Waals surface area contributed by atoms with Gasteiger partial charge in [-0.2, -0.15) is 5.10 Å². The van der Waals surface area contributed by atoms with Crippen LogP contribution in [0.15, 0.2) is 30.6 Å². The summed E-state index contributed by atoms with van der Waals surface area (Å²) >= 11 is 5.66. The van der Waals surface area contributed by atoms with Crippen molar-refractivity contribution in [2.45, 2.75) is 0 Å². The number of aromatic nitrogens is 2. The summed E-state index contributed by atoms with van der Waals surface area (Å²) in [7, 11) is 0. The summed E-state index contributed by atoms with van der Waals surface area (Å²) < 4.78 is 14.8. The molecule has 2 aromatic rings. The third-order valence-corrected chi connectivity index (χ3v) is 2.10. The fourth-order valence-corrected chi connectivity index (χ4v) is 1.35. The Morgan fingerprint density at radius 2 is 2.27 bits per heavy atom. The zero-order chi connectivity index (χ0) is 10.8. The molecule has 0 aliphatic heterocycles. The molecular weight excluding hydrogens is 219 g/mol. The van der Waals surface area contributed by atoms with Gasteiger partial charge in [0.2, 0.25) is 0 Å². The van der Waals surface area contributed by atoms with Gasteiger partial charge in [0.25, 0.3) is 0 Å². The third kappa shape index (κ3) is 1.89. The molecule has 0 N–H and O–H groups in total. The van der Waals surface area contributed by atoms with Crippen LogP contribution >= 0.6 is 11.6 Å². The van der Waals surface area contributed by atoms with Crippen LogP contribution in [0, 0.1) is 5.82 Å². The predicted octanol–water partition coefficient (Wildman–Crippen LogP) is 2.48. The zero-order valence-electron chi connectivity index (χ0n) is 7.52. The van der Waals surface area contributed by atoms with E-state index in [0.29, 0.717) is 11.3 Å². The van der Waals surface area contributed by atoms with Gasteiger partial charge < -0.3 is 0 Å². The van der Waals surface area contributed by atoms with E-state index in [1.807, 2.05) is 0 Å². The van der Waals surface area contributed by atoms with Crippen LogP contribution in [0.1, 0.15) is 10.4 Å². The van der Waals surface area contributed by atoms with E-state index in [-0.39, 0.29) is 11.3 Å². The van der Waals surface area contributed by atoms with Crippen LogP contribution in [0.25, 0.3) is 5.69 Å². The highest BCUT2D eigenvalue weighted by Gasteiger charge is 2.06. The highest BCUT2D eigenvalue weighted by molar-refractivity contribution is 6.30. The maximum Gasteiger partial charge on any atom is 0.150 e. The maximum absolute atomic E-state index is 13.5. The minimum Gasteiger partial charge on any atom is -0.298 e. The number of benzene rings is 1. The lowest BCUT2D eigenvalue weighted by atomic mass is 10.2. The molecule has 5 heteroatoms. The molecule has 0 radical (unpaired) electrons. The Morgan fingerprint density at radius 1 is 1.47 bits per heavy atom. The van der Waals surface area contributed by atoms with Gasteiger partial charge >= 0.3 is 0 Å². The second-order valence-corrected chi connectivity index (χ2v) is 3.37. The molecule has 0 aliphatic rings. The fourth-order valence-electron chi connectivity index (χ4n) is 1.21. The van der Waals surface area contributed by atoms with Crippen molar-refractivity contribution in [3.05, 3.63) is 47.0 Å². The Morgan fingerprint density at radius 3 is 2.80 bits per heavy atom. The lowest BCUT2D eigenvalue weighted by Gasteiger charge is -2.02. The minimum atomic E-state index is -0.514. The highest BCUT2D eigenvalue weighted by atomic mass is 35.5. The Hall–Kier alpha value is -1.68. The highest BCUT2D eigenvalue weighted by Crippen LogP contribution is 2.16. The van der Waals surface area contributed by atoms with Crippen molar-refractivity contribution >= 4 is 17.9 Å². The van der Waals surface area contributed by atoms with Gasteiger partial charge in [-0.15, -0.1) is 0 Å². The van der Waals surface area contributed by atoms with Crippen molar-refractivity contribution in [2.75, 3.05) is 0 Å². The first kappa shape index (κ1) is 9.86. The van der Waals surface area contributed by atoms with E-state index < -0.39 is 5.82 Å². The number of carbonyl (C=O) groups is 1. The molecule has 0 unspecified atom stereocenters. The molecule has 2 rings (SSSR count). The first-order valence-electron chi connectivity index (χ1n) is 4.16. The Labute approximate surface area is 90.1 Å². The molecule has 0 amide bonds. The average Bonchev–Trinajstić information content (AvgIpc) is 2.64. The standard InChI is InChI=1S/C10H6ClFN2O/c11-8-4-13-14(5-8)10-2-1-7(6-15)3-9(10)12/h1-6H. The molecular formula is C10H6ClFN2O. The summed E-state index contributed by atoms with van der Waals surface area (Å²) in [6, 6.07) is 4.14. The first-order valence-corrected chi connectivity index (χ1v) is 4.54. The SMILES string of the molecule is O=Cc1ccc(-n2cc(Cl)cn2)c(F)c1. The molecule has 1 aromatic carbocycles. The van der Waals surface area contributed by atoms with E-state index in [4.69, 9.17) is 11.6 Å². The van der Waals surface area contributed by atoms with Gasteiger partial charge in [0, 0.05) is 11.8 Å². The van der Waals surface area contributed by atoms with Crippen molar-refractivity contribution in [3.63, 3.8) is 0 Å². The predicted molar refractivity (Wildman–Crippen MR) is 53.9 cm³/mol. The largest absolute Gasteiger partial charge is 0.298 e. The van der Waals surface area contributed by atoms with E-state index in [1.165, 1.54) is 29.2 Å². The Balaban J connectivity index is 2.49. The van der Waals surface area contributed by atoms with Crippen LogP contribution in [0.4, 0.5) is 4.39 Å². The molecule has 1 heterocycles. The van der Waals surface area contributed by atoms with Gasteiger partial charge in [0.1, 0.15) is 17.8 Å². The number of nitrogens with zero attached hydrogens (tertiary/aromatic N) is 2. The molecule has 0 saturated carbocycles. The van der Waals surface area contributed by atoms with Crippen LogP contribution < -0.4 is 0 Å². The summed E-state index contributed by atoms with van der Waals surface area (Å²) in [5.74, 6) is -0.514. The molecule has 0 bridgehead atoms. The van der Waals surface area contributed by atoms with Gasteiger partial charge in [0.15, 0.2) is 0 Å². The number of aldehydes is 1. The Kier molecular flexibility index (Phi) is 2.51. The minimum absolute atomic E-state index is 0.257. The molecule has 0 saturated heterocycles. The molecule has 0 spiro atoms. The lowest BCUT2D eigenvalue weighted by Crippen LogP contribution is -1.98. The second-order valence-electron chi connectivity index (χ2n) is 2.93. The summed E-state index contributed by atoms with van der Waals surface area (Å²) in [6.07, 6.45) is 3.48. The normalized spacial score (nSPS) is 10.3. The quantitative estimate of drug-likeness (QED) is 0.735. The number of rotatable bonds is 2. The zero-order valence-corrected chi connectivity index (χ0v) is 8.28. The van der Waals surface area contributed by atoms with E-state index in [1.54, 1.807) is 0 Å². The Bertz CT molecular complexity index is 510. The van der Waals surface area contributed by atoms with Crippen molar-refractivity contribution < 1.29 is 9.18 Å². The molecule has 0 aliphatic carbocycles. The van der Waals surface area contributed by atoms with Crippen molar-refractivity contribution in [1.82, 2.24) is 9.78 Å². The summed E-state index contributed by atoms with van der Waals surface area (Å²) in [6.45, 7) is 0. The molecule has 3 nitrogen and oxygen atoms in total. The number of hydrogen-bond acceptors (Lipinski definition) is 2. The van der Waals surface area contributed by atoms with E-state index in [0.717, 1.165) is 6.07 Å². The van der Waals surface area contributed by atoms with Gasteiger partial charge in [-0.1, -0.05) is 11.6 Å². The van der Waals surface area contributed by atoms with Gasteiger partial charge in [-0.05, 0) is 18.2 Å². The molecule has 0 atom stereocenters. The van der Waals surface area contributed by atoms with Gasteiger partial charge in [-0.25, -0.2) is 9.07 Å². The van der Waals surface area contributed by atoms with Crippen molar-refractivity contribution in [2.24, 2.45) is 0 Å². The topological polar surface area (TPSA) is 34.9 Å². The van der Waals surface area contributed by atoms with Gasteiger partial charge in [-0.3, -0.25) is 4.79 Å². The number of hydrogen-bond donors (Lipinski definition) is 0. The number of carbonyl (C=O) groups excluding carboxylic acids is 1. The van der Waals surface area contributed by atoms with Crippen LogP contribution in [0.2, 0.25) is 5.02 Å². The smallest absolute Gasteiger partial charge is 0.150 e. The summed E-state index contributed by atoms with van der Waals surface area (Å²) in [5.41, 5.74) is 0.544. The third-order valence-electron chi connectivity index (χ3n) is 1.91. The molecule has 15 heavy (non-hydrogen) atoms. The monoisotopic (exact) mass is 224 g/mol. The summed E-state index contributed by atoms with van der Waals surface area (Å²) in [4.78, 5) is 10.4. The van der Waals surface area contributed by atoms with Crippen LogP contribution in [0.5, 0.6) is 0 Å². The van der Waals surface area contributed by atoms with Crippen LogP contribution in [-0.4, -0.2) is 16.1 Å². The van der Waals surface area contributed by atoms with E-state index in [9.17, 15) is 9.18 Å². The van der Waals surface area contributed by atoms with E-state index in [2.05, 4.69) is 5.10 Å². The lowest BCUT2D eigenvalue weighted by molar-refractivity contribution is 0.112. The van der Waals surface area contributed by atoms with Gasteiger partial charge in [0.05, 0.1) is 11.2 Å². The summed E-state index contributed by atoms with van der Waals surface area (Å²) in [5, 5.41) is 4.28. The number of halogens is 2. The molecule has 76 valence electrons. The second kappa shape index (κ2) is 3.82. The molecule has 0 fully saturated rings. The maximum atomic E-state index is 13.5. The van der Waals surface area contributed by atoms with Crippen molar-refractivity contribution in [1.29, 1.82) is 0 Å². The average molecular weight is 225 g/mol. The van der Waals surface area contributed by atoms with E-state index >= 15 is 0 Å². The van der Waals surface area contributed by atoms with Crippen LogP contribution in [0.3, 0.4) is 0 Å². The fraction of sp³-hybridized carbons (Fsp3) is 0. The first-order chi connectivity index (χ1) is 7.20. The van der Waals surface area contributed by atoms with Crippen LogP contribution in [-0.2, 0) is 0 Å². The van der Waals surface area contributed by atoms with Crippen molar-refractivity contribution in [3.8, 4) is 5.69 Å². The molecule has 1 aromatic heterocycles.